The van der Waals surface area contributed by atoms with E-state index in [0.29, 0.717) is 11.3 Å². The maximum Gasteiger partial charge on any atom is 0.255 e. The fraction of sp³-hybridized carbons (Fsp3) is 0.235. The van der Waals surface area contributed by atoms with Gasteiger partial charge in [-0.3, -0.25) is 4.79 Å². The van der Waals surface area contributed by atoms with E-state index < -0.39 is 0 Å². The molecule has 0 aliphatic rings. The number of hydrogen-bond donors (Lipinski definition) is 2. The number of nitrogens with one attached hydrogen (secondary N) is 1. The van der Waals surface area contributed by atoms with Crippen LogP contribution >= 0.6 is 0 Å². The second kappa shape index (κ2) is 5.87. The van der Waals surface area contributed by atoms with Crippen molar-refractivity contribution in [1.29, 1.82) is 0 Å². The molecule has 2 rings (SSSR count). The van der Waals surface area contributed by atoms with Crippen LogP contribution in [-0.4, -0.2) is 20.0 Å². The molecule has 0 unspecified atom stereocenters. The Hall–Kier alpha value is -2.49. The van der Waals surface area contributed by atoms with Gasteiger partial charge in [-0.15, -0.1) is 0 Å². The molecule has 110 valence electrons. The van der Waals surface area contributed by atoms with Crippen LogP contribution < -0.4 is 16.0 Å². The molecule has 21 heavy (non-hydrogen) atoms. The van der Waals surface area contributed by atoms with Gasteiger partial charge in [0.15, 0.2) is 0 Å². The maximum atomic E-state index is 12.4. The Balaban J connectivity index is 2.26. The van der Waals surface area contributed by atoms with Crippen molar-refractivity contribution in [3.8, 4) is 0 Å². The van der Waals surface area contributed by atoms with Gasteiger partial charge in [0.2, 0.25) is 0 Å². The Morgan fingerprint density at radius 1 is 1.10 bits per heavy atom. The van der Waals surface area contributed by atoms with Gasteiger partial charge in [0, 0.05) is 36.7 Å². The molecule has 2 aromatic rings. The molecule has 0 fully saturated rings. The number of aryl methyl sites for hydroxylation is 2. The number of nitrogen functional groups attached to an aromatic ring is 1. The lowest BCUT2D eigenvalue weighted by Crippen LogP contribution is -2.15. The summed E-state index contributed by atoms with van der Waals surface area (Å²) in [6.07, 6.45) is 0. The average molecular weight is 283 g/mol. The van der Waals surface area contributed by atoms with Crippen molar-refractivity contribution >= 4 is 23.0 Å². The normalized spacial score (nSPS) is 10.3. The number of amides is 1. The number of anilines is 3. The highest BCUT2D eigenvalue weighted by molar-refractivity contribution is 6.05. The Morgan fingerprint density at radius 3 is 2.48 bits per heavy atom. The van der Waals surface area contributed by atoms with Gasteiger partial charge in [0.05, 0.1) is 0 Å². The summed E-state index contributed by atoms with van der Waals surface area (Å²) < 4.78 is 0. The molecular weight excluding hydrogens is 262 g/mol. The van der Waals surface area contributed by atoms with Crippen LogP contribution in [0.15, 0.2) is 36.4 Å². The van der Waals surface area contributed by atoms with Crippen LogP contribution in [0.25, 0.3) is 0 Å². The molecule has 0 atom stereocenters. The molecular formula is C17H21N3O. The van der Waals surface area contributed by atoms with E-state index in [0.717, 1.165) is 22.5 Å². The molecule has 0 saturated carbocycles. The molecule has 0 bridgehead atoms. The van der Waals surface area contributed by atoms with Crippen LogP contribution in [0.2, 0.25) is 0 Å². The highest BCUT2D eigenvalue weighted by Crippen LogP contribution is 2.23. The fourth-order valence-corrected chi connectivity index (χ4v) is 2.12. The van der Waals surface area contributed by atoms with Crippen LogP contribution in [0.5, 0.6) is 0 Å². The highest BCUT2D eigenvalue weighted by Gasteiger charge is 2.10. The van der Waals surface area contributed by atoms with E-state index in [4.69, 9.17) is 5.73 Å². The molecule has 0 aromatic heterocycles. The van der Waals surface area contributed by atoms with Crippen LogP contribution in [0.1, 0.15) is 21.5 Å². The molecule has 0 aliphatic heterocycles. The lowest BCUT2D eigenvalue weighted by molar-refractivity contribution is 0.102. The molecule has 0 saturated heterocycles. The van der Waals surface area contributed by atoms with Crippen molar-refractivity contribution in [3.63, 3.8) is 0 Å². The van der Waals surface area contributed by atoms with Crippen molar-refractivity contribution in [2.75, 3.05) is 30.0 Å². The highest BCUT2D eigenvalue weighted by atomic mass is 16.1. The number of carbonyl (C=O) groups is 1. The average Bonchev–Trinajstić information content (AvgIpc) is 2.44. The predicted molar refractivity (Wildman–Crippen MR) is 89.1 cm³/mol. The van der Waals surface area contributed by atoms with Crippen LogP contribution in [0.3, 0.4) is 0 Å². The first-order valence-corrected chi connectivity index (χ1v) is 6.84. The van der Waals surface area contributed by atoms with Gasteiger partial charge in [-0.2, -0.15) is 0 Å². The summed E-state index contributed by atoms with van der Waals surface area (Å²) in [6.45, 7) is 3.91. The van der Waals surface area contributed by atoms with Gasteiger partial charge in [0.25, 0.3) is 5.91 Å². The van der Waals surface area contributed by atoms with E-state index in [1.165, 1.54) is 0 Å². The lowest BCUT2D eigenvalue weighted by Gasteiger charge is -2.14. The lowest BCUT2D eigenvalue weighted by atomic mass is 10.1. The summed E-state index contributed by atoms with van der Waals surface area (Å²) in [7, 11) is 3.89. The van der Waals surface area contributed by atoms with E-state index >= 15 is 0 Å². The zero-order valence-corrected chi connectivity index (χ0v) is 12.9. The van der Waals surface area contributed by atoms with Gasteiger partial charge < -0.3 is 16.0 Å². The molecule has 3 N–H and O–H groups in total. The molecule has 0 radical (unpaired) electrons. The van der Waals surface area contributed by atoms with E-state index in [1.807, 2.05) is 57.1 Å². The minimum absolute atomic E-state index is 0.134. The predicted octanol–water partition coefficient (Wildman–Crippen LogP) is 3.20. The van der Waals surface area contributed by atoms with E-state index in [9.17, 15) is 4.79 Å². The number of nitrogens with two attached hydrogens (primary N) is 1. The number of rotatable bonds is 3. The third-order valence-electron chi connectivity index (χ3n) is 3.49. The topological polar surface area (TPSA) is 58.4 Å². The Kier molecular flexibility index (Phi) is 4.17. The third kappa shape index (κ3) is 3.34. The zero-order chi connectivity index (χ0) is 15.6. The second-order valence-corrected chi connectivity index (χ2v) is 5.42. The van der Waals surface area contributed by atoms with Crippen LogP contribution in [0.4, 0.5) is 17.1 Å². The van der Waals surface area contributed by atoms with Gasteiger partial charge in [-0.1, -0.05) is 12.1 Å². The minimum atomic E-state index is -0.134. The van der Waals surface area contributed by atoms with E-state index in [1.54, 1.807) is 12.1 Å². The monoisotopic (exact) mass is 283 g/mol. The molecule has 2 aromatic carbocycles. The molecule has 0 heterocycles. The van der Waals surface area contributed by atoms with Gasteiger partial charge in [0.1, 0.15) is 0 Å². The smallest absolute Gasteiger partial charge is 0.255 e. The van der Waals surface area contributed by atoms with Gasteiger partial charge in [-0.25, -0.2) is 0 Å². The van der Waals surface area contributed by atoms with Gasteiger partial charge >= 0.3 is 0 Å². The number of carbonyl (C=O) groups excluding carboxylic acids is 1. The van der Waals surface area contributed by atoms with Crippen molar-refractivity contribution < 1.29 is 4.79 Å². The zero-order valence-electron chi connectivity index (χ0n) is 12.9. The van der Waals surface area contributed by atoms with Crippen LogP contribution in [-0.2, 0) is 0 Å². The van der Waals surface area contributed by atoms with Crippen LogP contribution in [0, 0.1) is 13.8 Å². The second-order valence-electron chi connectivity index (χ2n) is 5.42. The minimum Gasteiger partial charge on any atom is -0.398 e. The first-order valence-electron chi connectivity index (χ1n) is 6.84. The summed E-state index contributed by atoms with van der Waals surface area (Å²) in [4.78, 5) is 14.3. The number of benzene rings is 2. The molecule has 1 amide bonds. The summed E-state index contributed by atoms with van der Waals surface area (Å²) in [6, 6.07) is 11.3. The Bertz CT molecular complexity index is 678. The molecule has 0 aliphatic carbocycles. The quantitative estimate of drug-likeness (QED) is 0.850. The van der Waals surface area contributed by atoms with E-state index in [-0.39, 0.29) is 5.91 Å². The summed E-state index contributed by atoms with van der Waals surface area (Å²) >= 11 is 0. The fourth-order valence-electron chi connectivity index (χ4n) is 2.12. The third-order valence-corrected chi connectivity index (χ3v) is 3.49. The standard InChI is InChI=1S/C17H21N3O/c1-11-8-12(2)16(10-15(11)18)19-17(21)13-6-5-7-14(9-13)20(3)4/h5-10H,18H2,1-4H3,(H,19,21). The Labute approximate surface area is 125 Å². The molecule has 4 heteroatoms. The first-order chi connectivity index (χ1) is 9.88. The molecule has 0 spiro atoms. The summed E-state index contributed by atoms with van der Waals surface area (Å²) in [5, 5.41) is 2.92. The summed E-state index contributed by atoms with van der Waals surface area (Å²) in [5.74, 6) is -0.134. The van der Waals surface area contributed by atoms with Crippen molar-refractivity contribution in [3.05, 3.63) is 53.1 Å². The van der Waals surface area contributed by atoms with Crippen molar-refractivity contribution in [1.82, 2.24) is 0 Å². The SMILES string of the molecule is Cc1cc(C)c(NC(=O)c2cccc(N(C)C)c2)cc1N. The summed E-state index contributed by atoms with van der Waals surface area (Å²) in [5.41, 5.74) is 11.0. The van der Waals surface area contributed by atoms with Crippen molar-refractivity contribution in [2.24, 2.45) is 0 Å². The number of nitrogens with zero attached hydrogens (tertiary/aromatic N) is 1. The van der Waals surface area contributed by atoms with E-state index in [2.05, 4.69) is 5.32 Å². The van der Waals surface area contributed by atoms with Gasteiger partial charge in [-0.05, 0) is 49.2 Å². The largest absolute Gasteiger partial charge is 0.398 e. The maximum absolute atomic E-state index is 12.4. The van der Waals surface area contributed by atoms with Crippen molar-refractivity contribution in [2.45, 2.75) is 13.8 Å². The first kappa shape index (κ1) is 14.9. The Morgan fingerprint density at radius 2 is 1.81 bits per heavy atom. The number of hydrogen-bond acceptors (Lipinski definition) is 3. The molecule has 4 nitrogen and oxygen atoms in total.